The number of ether oxygens (including phenoxy) is 1. The second-order valence-corrected chi connectivity index (χ2v) is 7.73. The van der Waals surface area contributed by atoms with Gasteiger partial charge in [0.2, 0.25) is 0 Å². The number of rotatable bonds is 8. The molecule has 25 heavy (non-hydrogen) atoms. The van der Waals surface area contributed by atoms with E-state index in [1.54, 1.807) is 6.08 Å². The number of aliphatic carboxylic acids is 1. The Bertz CT molecular complexity index is 594. The molecule has 0 aliphatic carbocycles. The van der Waals surface area contributed by atoms with Gasteiger partial charge < -0.3 is 9.84 Å². The summed E-state index contributed by atoms with van der Waals surface area (Å²) >= 11 is 0. The molecule has 0 saturated carbocycles. The van der Waals surface area contributed by atoms with Gasteiger partial charge in [0.1, 0.15) is 5.60 Å². The van der Waals surface area contributed by atoms with Gasteiger partial charge >= 0.3 is 11.9 Å². The van der Waals surface area contributed by atoms with Gasteiger partial charge in [-0.15, -0.1) is 0 Å². The first-order valence-corrected chi connectivity index (χ1v) is 8.82. The zero-order chi connectivity index (χ0) is 19.0. The van der Waals surface area contributed by atoms with Crippen LogP contribution in [0.15, 0.2) is 36.4 Å². The maximum absolute atomic E-state index is 12.5. The molecule has 0 radical (unpaired) electrons. The molecule has 1 aromatic rings. The molecule has 138 valence electrons. The second-order valence-electron chi connectivity index (χ2n) is 7.73. The molecule has 0 bridgehead atoms. The Morgan fingerprint density at radius 3 is 2.24 bits per heavy atom. The summed E-state index contributed by atoms with van der Waals surface area (Å²) in [6.45, 7) is 9.52. The van der Waals surface area contributed by atoms with Crippen molar-refractivity contribution < 1.29 is 19.4 Å². The molecule has 0 amide bonds. The maximum atomic E-state index is 12.5. The van der Waals surface area contributed by atoms with Crippen LogP contribution >= 0.6 is 0 Å². The van der Waals surface area contributed by atoms with Crippen LogP contribution in [0.1, 0.15) is 59.4 Å². The third-order valence-corrected chi connectivity index (χ3v) is 3.67. The fourth-order valence-electron chi connectivity index (χ4n) is 2.61. The van der Waals surface area contributed by atoms with Crippen LogP contribution in [0.25, 0.3) is 5.57 Å². The molecule has 4 nitrogen and oxygen atoms in total. The van der Waals surface area contributed by atoms with Gasteiger partial charge in [-0.2, -0.15) is 0 Å². The van der Waals surface area contributed by atoms with Gasteiger partial charge in [-0.25, -0.2) is 4.79 Å². The molecule has 0 spiro atoms. The van der Waals surface area contributed by atoms with Gasteiger partial charge in [-0.1, -0.05) is 50.3 Å². The van der Waals surface area contributed by atoms with Crippen molar-refractivity contribution in [2.45, 2.75) is 59.5 Å². The molecule has 0 aromatic heterocycles. The van der Waals surface area contributed by atoms with Crippen molar-refractivity contribution in [3.63, 3.8) is 0 Å². The molecule has 4 heteroatoms. The summed E-state index contributed by atoms with van der Waals surface area (Å²) in [7, 11) is 0. The van der Waals surface area contributed by atoms with Gasteiger partial charge in [0.15, 0.2) is 0 Å². The van der Waals surface area contributed by atoms with E-state index in [9.17, 15) is 14.7 Å². The van der Waals surface area contributed by atoms with Crippen molar-refractivity contribution >= 4 is 17.5 Å². The molecular weight excluding hydrogens is 316 g/mol. The fourth-order valence-corrected chi connectivity index (χ4v) is 2.61. The average molecular weight is 346 g/mol. The predicted octanol–water partition coefficient (Wildman–Crippen LogP) is 4.94. The summed E-state index contributed by atoms with van der Waals surface area (Å²) in [6, 6.07) is 9.34. The highest BCUT2D eigenvalue weighted by molar-refractivity contribution is 6.16. The third kappa shape index (κ3) is 8.01. The van der Waals surface area contributed by atoms with E-state index in [1.165, 1.54) is 0 Å². The maximum Gasteiger partial charge on any atom is 0.338 e. The molecule has 0 unspecified atom stereocenters. The first kappa shape index (κ1) is 20.9. The summed E-state index contributed by atoms with van der Waals surface area (Å²) in [6.07, 6.45) is 3.47. The zero-order valence-corrected chi connectivity index (χ0v) is 15.9. The Balaban J connectivity index is 2.94. The van der Waals surface area contributed by atoms with Crippen LogP contribution in [0.2, 0.25) is 0 Å². The molecule has 1 aromatic carbocycles. The zero-order valence-electron chi connectivity index (χ0n) is 15.9. The number of carbonyl (C=O) groups excluding carboxylic acids is 1. The number of allylic oxidation sites excluding steroid dienone is 1. The Hall–Kier alpha value is -2.10. The molecule has 0 fully saturated rings. The van der Waals surface area contributed by atoms with Crippen LogP contribution < -0.4 is 0 Å². The number of carboxylic acid groups (broad SMARTS) is 1. The van der Waals surface area contributed by atoms with Crippen molar-refractivity contribution in [3.8, 4) is 0 Å². The first-order valence-electron chi connectivity index (χ1n) is 8.82. The fraction of sp³-hybridized carbons (Fsp3) is 0.524. The SMILES string of the molecule is CC(C)C[C@H](CCC=C(C(=O)OC(C)(C)C)c1ccccc1)C(=O)O. The van der Waals surface area contributed by atoms with Gasteiger partial charge in [-0.3, -0.25) is 4.79 Å². The topological polar surface area (TPSA) is 63.6 Å². The van der Waals surface area contributed by atoms with E-state index in [2.05, 4.69) is 0 Å². The lowest BCUT2D eigenvalue weighted by atomic mass is 9.92. The number of hydrogen-bond donors (Lipinski definition) is 1. The van der Waals surface area contributed by atoms with E-state index in [1.807, 2.05) is 65.0 Å². The van der Waals surface area contributed by atoms with E-state index in [0.717, 1.165) is 5.56 Å². The summed E-state index contributed by atoms with van der Waals surface area (Å²) in [5.41, 5.74) is 0.698. The molecule has 1 atom stereocenters. The Labute approximate surface area is 150 Å². The summed E-state index contributed by atoms with van der Waals surface area (Å²) < 4.78 is 5.50. The Morgan fingerprint density at radius 1 is 1.16 bits per heavy atom. The number of esters is 1. The van der Waals surface area contributed by atoms with E-state index in [4.69, 9.17) is 4.74 Å². The highest BCUT2D eigenvalue weighted by Crippen LogP contribution is 2.23. The van der Waals surface area contributed by atoms with Gasteiger partial charge in [-0.05, 0) is 51.5 Å². The second kappa shape index (κ2) is 9.40. The minimum Gasteiger partial charge on any atom is -0.481 e. The minimum atomic E-state index is -0.777. The lowest BCUT2D eigenvalue weighted by Gasteiger charge is -2.21. The van der Waals surface area contributed by atoms with E-state index in [-0.39, 0.29) is 5.97 Å². The van der Waals surface area contributed by atoms with Crippen molar-refractivity contribution in [1.82, 2.24) is 0 Å². The molecule has 0 aliphatic rings. The quantitative estimate of drug-likeness (QED) is 0.535. The smallest absolute Gasteiger partial charge is 0.338 e. The van der Waals surface area contributed by atoms with Crippen LogP contribution in [0.4, 0.5) is 0 Å². The lowest BCUT2D eigenvalue weighted by molar-refractivity contribution is -0.147. The minimum absolute atomic E-state index is 0.324. The van der Waals surface area contributed by atoms with Crippen LogP contribution in [-0.4, -0.2) is 22.6 Å². The van der Waals surface area contributed by atoms with Crippen LogP contribution in [-0.2, 0) is 14.3 Å². The highest BCUT2D eigenvalue weighted by atomic mass is 16.6. The van der Waals surface area contributed by atoms with Crippen LogP contribution in [0.3, 0.4) is 0 Å². The van der Waals surface area contributed by atoms with Crippen molar-refractivity contribution in [2.75, 3.05) is 0 Å². The molecule has 1 rings (SSSR count). The van der Waals surface area contributed by atoms with Crippen molar-refractivity contribution in [2.24, 2.45) is 11.8 Å². The summed E-state index contributed by atoms with van der Waals surface area (Å²) in [5.74, 6) is -1.23. The number of benzene rings is 1. The van der Waals surface area contributed by atoms with E-state index >= 15 is 0 Å². The van der Waals surface area contributed by atoms with Crippen LogP contribution in [0, 0.1) is 11.8 Å². The normalized spacial score (nSPS) is 13.6. The molecular formula is C21H30O4. The standard InChI is InChI=1S/C21H30O4/c1-15(2)14-17(19(22)23)12-9-13-18(16-10-7-6-8-11-16)20(24)25-21(3,4)5/h6-8,10-11,13,15,17H,9,12,14H2,1-5H3,(H,22,23)/t17-/m0/s1. The molecule has 0 heterocycles. The van der Waals surface area contributed by atoms with Gasteiger partial charge in [0.25, 0.3) is 0 Å². The highest BCUT2D eigenvalue weighted by Gasteiger charge is 2.22. The van der Waals surface area contributed by atoms with Crippen molar-refractivity contribution in [1.29, 1.82) is 0 Å². The first-order chi connectivity index (χ1) is 11.6. The van der Waals surface area contributed by atoms with Crippen LogP contribution in [0.5, 0.6) is 0 Å². The third-order valence-electron chi connectivity index (χ3n) is 3.67. The van der Waals surface area contributed by atoms with E-state index in [0.29, 0.717) is 30.8 Å². The average Bonchev–Trinajstić information content (AvgIpc) is 2.48. The number of carboxylic acids is 1. The Morgan fingerprint density at radius 2 is 1.76 bits per heavy atom. The Kier molecular flexibility index (Phi) is 7.88. The number of carbonyl (C=O) groups is 2. The van der Waals surface area contributed by atoms with Gasteiger partial charge in [0.05, 0.1) is 11.5 Å². The lowest BCUT2D eigenvalue weighted by Crippen LogP contribution is -2.24. The monoisotopic (exact) mass is 346 g/mol. The summed E-state index contributed by atoms with van der Waals surface area (Å²) in [4.78, 5) is 23.9. The predicted molar refractivity (Wildman–Crippen MR) is 100 cm³/mol. The molecule has 1 N–H and O–H groups in total. The largest absolute Gasteiger partial charge is 0.481 e. The van der Waals surface area contributed by atoms with E-state index < -0.39 is 17.5 Å². The molecule has 0 saturated heterocycles. The molecule has 0 aliphatic heterocycles. The summed E-state index contributed by atoms with van der Waals surface area (Å²) in [5, 5.41) is 9.35. The number of hydrogen-bond acceptors (Lipinski definition) is 3. The van der Waals surface area contributed by atoms with Gasteiger partial charge in [0, 0.05) is 0 Å². The van der Waals surface area contributed by atoms with Crippen molar-refractivity contribution in [3.05, 3.63) is 42.0 Å².